The second-order valence-electron chi connectivity index (χ2n) is 3.98. The molecular formula is C13H16N2OS. The van der Waals surface area contributed by atoms with E-state index in [9.17, 15) is 0 Å². The largest absolute Gasteiger partial charge is 0.491 e. The number of rotatable bonds is 4. The molecule has 0 aliphatic rings. The maximum absolute atomic E-state index is 5.60. The van der Waals surface area contributed by atoms with E-state index in [1.54, 1.807) is 11.3 Å². The van der Waals surface area contributed by atoms with Crippen LogP contribution in [-0.2, 0) is 0 Å². The zero-order valence-electron chi connectivity index (χ0n) is 10.2. The molecular weight excluding hydrogens is 232 g/mol. The first kappa shape index (κ1) is 11.9. The lowest BCUT2D eigenvalue weighted by molar-refractivity contribution is 0.242. The topological polar surface area (TPSA) is 34.2 Å². The molecule has 0 amide bonds. The van der Waals surface area contributed by atoms with Crippen molar-refractivity contribution in [3.05, 3.63) is 29.6 Å². The molecule has 90 valence electrons. The number of hydrogen-bond acceptors (Lipinski definition) is 4. The van der Waals surface area contributed by atoms with Crippen LogP contribution in [0.1, 0.15) is 13.8 Å². The molecule has 0 fully saturated rings. The highest BCUT2D eigenvalue weighted by atomic mass is 32.1. The van der Waals surface area contributed by atoms with Crippen LogP contribution in [-0.4, -0.2) is 18.1 Å². The lowest BCUT2D eigenvalue weighted by atomic mass is 10.2. The summed E-state index contributed by atoms with van der Waals surface area (Å²) >= 11 is 1.61. The van der Waals surface area contributed by atoms with Crippen molar-refractivity contribution in [2.45, 2.75) is 20.0 Å². The van der Waals surface area contributed by atoms with Gasteiger partial charge in [-0.05, 0) is 38.1 Å². The summed E-state index contributed by atoms with van der Waals surface area (Å²) in [5.74, 6) is 0.896. The lowest BCUT2D eigenvalue weighted by Crippen LogP contribution is -2.05. The van der Waals surface area contributed by atoms with Crippen molar-refractivity contribution in [1.82, 2.24) is 4.98 Å². The first-order valence-corrected chi connectivity index (χ1v) is 6.47. The SMILES string of the molecule is CNc1nc(-c2ccc(OC(C)C)cc2)cs1. The number of ether oxygens (including phenoxy) is 1. The van der Waals surface area contributed by atoms with Crippen LogP contribution in [0.4, 0.5) is 5.13 Å². The van der Waals surface area contributed by atoms with Crippen LogP contribution in [0.5, 0.6) is 5.75 Å². The maximum Gasteiger partial charge on any atom is 0.182 e. The number of benzene rings is 1. The Balaban J connectivity index is 2.17. The summed E-state index contributed by atoms with van der Waals surface area (Å²) in [6.45, 7) is 4.04. The molecule has 1 aromatic heterocycles. The van der Waals surface area contributed by atoms with E-state index >= 15 is 0 Å². The first-order valence-electron chi connectivity index (χ1n) is 5.59. The van der Waals surface area contributed by atoms with Crippen LogP contribution >= 0.6 is 11.3 Å². The van der Waals surface area contributed by atoms with Gasteiger partial charge < -0.3 is 10.1 Å². The highest BCUT2D eigenvalue weighted by molar-refractivity contribution is 7.14. The van der Waals surface area contributed by atoms with E-state index in [1.807, 2.05) is 50.5 Å². The molecule has 17 heavy (non-hydrogen) atoms. The number of anilines is 1. The minimum absolute atomic E-state index is 0.205. The third-order valence-electron chi connectivity index (χ3n) is 2.24. The van der Waals surface area contributed by atoms with Gasteiger partial charge in [-0.15, -0.1) is 11.3 Å². The van der Waals surface area contributed by atoms with E-state index < -0.39 is 0 Å². The van der Waals surface area contributed by atoms with Crippen molar-refractivity contribution >= 4 is 16.5 Å². The zero-order valence-corrected chi connectivity index (χ0v) is 11.0. The van der Waals surface area contributed by atoms with E-state index in [0.29, 0.717) is 0 Å². The minimum atomic E-state index is 0.205. The molecule has 0 atom stereocenters. The van der Waals surface area contributed by atoms with Gasteiger partial charge in [0.2, 0.25) is 0 Å². The highest BCUT2D eigenvalue weighted by Crippen LogP contribution is 2.26. The van der Waals surface area contributed by atoms with E-state index in [-0.39, 0.29) is 6.10 Å². The molecule has 2 rings (SSSR count). The fourth-order valence-corrected chi connectivity index (χ4v) is 2.18. The molecule has 0 bridgehead atoms. The quantitative estimate of drug-likeness (QED) is 0.897. The molecule has 0 saturated carbocycles. The lowest BCUT2D eigenvalue weighted by Gasteiger charge is -2.09. The Morgan fingerprint density at radius 3 is 2.47 bits per heavy atom. The summed E-state index contributed by atoms with van der Waals surface area (Å²) in [4.78, 5) is 4.46. The molecule has 0 aliphatic carbocycles. The van der Waals surface area contributed by atoms with Gasteiger partial charge in [-0.3, -0.25) is 0 Å². The van der Waals surface area contributed by atoms with Crippen LogP contribution in [0, 0.1) is 0 Å². The molecule has 2 aromatic rings. The van der Waals surface area contributed by atoms with E-state index in [4.69, 9.17) is 4.74 Å². The van der Waals surface area contributed by atoms with Crippen molar-refractivity contribution in [3.63, 3.8) is 0 Å². The Labute approximate surface area is 105 Å². The van der Waals surface area contributed by atoms with Gasteiger partial charge in [0.15, 0.2) is 5.13 Å². The van der Waals surface area contributed by atoms with Crippen LogP contribution in [0.3, 0.4) is 0 Å². The fourth-order valence-electron chi connectivity index (χ4n) is 1.50. The van der Waals surface area contributed by atoms with Crippen molar-refractivity contribution in [2.24, 2.45) is 0 Å². The summed E-state index contributed by atoms with van der Waals surface area (Å²) in [5.41, 5.74) is 2.11. The van der Waals surface area contributed by atoms with E-state index in [1.165, 1.54) is 0 Å². The Kier molecular flexibility index (Phi) is 3.64. The zero-order chi connectivity index (χ0) is 12.3. The second kappa shape index (κ2) is 5.19. The number of thiazole rings is 1. The molecule has 1 aromatic carbocycles. The normalized spacial score (nSPS) is 10.6. The highest BCUT2D eigenvalue weighted by Gasteiger charge is 2.04. The Morgan fingerprint density at radius 2 is 1.94 bits per heavy atom. The number of nitrogens with zero attached hydrogens (tertiary/aromatic N) is 1. The van der Waals surface area contributed by atoms with Gasteiger partial charge in [-0.1, -0.05) is 0 Å². The summed E-state index contributed by atoms with van der Waals surface area (Å²) < 4.78 is 5.60. The Morgan fingerprint density at radius 1 is 1.24 bits per heavy atom. The van der Waals surface area contributed by atoms with Gasteiger partial charge in [-0.25, -0.2) is 4.98 Å². The van der Waals surface area contributed by atoms with Gasteiger partial charge in [-0.2, -0.15) is 0 Å². The monoisotopic (exact) mass is 248 g/mol. The molecule has 0 radical (unpaired) electrons. The molecule has 3 nitrogen and oxygen atoms in total. The molecule has 0 spiro atoms. The molecule has 0 unspecified atom stereocenters. The second-order valence-corrected chi connectivity index (χ2v) is 4.84. The van der Waals surface area contributed by atoms with Crippen LogP contribution < -0.4 is 10.1 Å². The van der Waals surface area contributed by atoms with Gasteiger partial charge in [0, 0.05) is 18.0 Å². The maximum atomic E-state index is 5.60. The first-order chi connectivity index (χ1) is 8.19. The van der Waals surface area contributed by atoms with Crippen molar-refractivity contribution in [1.29, 1.82) is 0 Å². The van der Waals surface area contributed by atoms with Gasteiger partial charge in [0.05, 0.1) is 11.8 Å². The number of nitrogens with one attached hydrogen (secondary N) is 1. The predicted octanol–water partition coefficient (Wildman–Crippen LogP) is 3.64. The van der Waals surface area contributed by atoms with Gasteiger partial charge >= 0.3 is 0 Å². The molecule has 0 saturated heterocycles. The van der Waals surface area contributed by atoms with Crippen LogP contribution in [0.25, 0.3) is 11.3 Å². The minimum Gasteiger partial charge on any atom is -0.491 e. The number of aromatic nitrogens is 1. The van der Waals surface area contributed by atoms with Crippen LogP contribution in [0.2, 0.25) is 0 Å². The summed E-state index contributed by atoms with van der Waals surface area (Å²) in [5, 5.41) is 6.02. The summed E-state index contributed by atoms with van der Waals surface area (Å²) in [7, 11) is 1.88. The van der Waals surface area contributed by atoms with Crippen LogP contribution in [0.15, 0.2) is 29.6 Å². The summed E-state index contributed by atoms with van der Waals surface area (Å²) in [6, 6.07) is 8.03. The molecule has 1 heterocycles. The molecule has 4 heteroatoms. The predicted molar refractivity (Wildman–Crippen MR) is 72.9 cm³/mol. The standard InChI is InChI=1S/C13H16N2OS/c1-9(2)16-11-6-4-10(5-7-11)12-8-17-13(14-3)15-12/h4-9H,1-3H3,(H,14,15). The van der Waals surface area contributed by atoms with Crippen molar-refractivity contribution in [3.8, 4) is 17.0 Å². The molecule has 1 N–H and O–H groups in total. The van der Waals surface area contributed by atoms with Crippen molar-refractivity contribution < 1.29 is 4.74 Å². The number of hydrogen-bond donors (Lipinski definition) is 1. The van der Waals surface area contributed by atoms with Gasteiger partial charge in [0.25, 0.3) is 0 Å². The average molecular weight is 248 g/mol. The third-order valence-corrected chi connectivity index (χ3v) is 3.10. The Hall–Kier alpha value is -1.55. The van der Waals surface area contributed by atoms with Gasteiger partial charge in [0.1, 0.15) is 5.75 Å². The smallest absolute Gasteiger partial charge is 0.182 e. The summed E-state index contributed by atoms with van der Waals surface area (Å²) in [6.07, 6.45) is 0.205. The van der Waals surface area contributed by atoms with E-state index in [2.05, 4.69) is 10.3 Å². The van der Waals surface area contributed by atoms with Crippen molar-refractivity contribution in [2.75, 3.05) is 12.4 Å². The third kappa shape index (κ3) is 2.97. The average Bonchev–Trinajstić information content (AvgIpc) is 2.78. The van der Waals surface area contributed by atoms with E-state index in [0.717, 1.165) is 22.1 Å². The molecule has 0 aliphatic heterocycles. The Bertz CT molecular complexity index is 476. The fraction of sp³-hybridized carbons (Fsp3) is 0.308.